The molecular weight excluding hydrogens is 430 g/mol. The lowest BCUT2D eigenvalue weighted by Gasteiger charge is -2.29. The number of aromatic nitrogens is 1. The molecule has 34 heavy (non-hydrogen) atoms. The smallest absolute Gasteiger partial charge is 0.258 e. The van der Waals surface area contributed by atoms with Gasteiger partial charge in [0.25, 0.3) is 5.56 Å². The van der Waals surface area contributed by atoms with E-state index in [1.807, 2.05) is 41.8 Å². The minimum absolute atomic E-state index is 0.0260. The van der Waals surface area contributed by atoms with Gasteiger partial charge in [0.05, 0.1) is 19.2 Å². The summed E-state index contributed by atoms with van der Waals surface area (Å²) in [6.07, 6.45) is 5.27. The molecule has 1 amide bonds. The third-order valence-electron chi connectivity index (χ3n) is 7.81. The highest BCUT2D eigenvalue weighted by molar-refractivity contribution is 5.83. The largest absolute Gasteiger partial charge is 0.497 e. The van der Waals surface area contributed by atoms with E-state index in [2.05, 4.69) is 22.4 Å². The van der Waals surface area contributed by atoms with Gasteiger partial charge in [-0.1, -0.05) is 25.1 Å². The van der Waals surface area contributed by atoms with Crippen molar-refractivity contribution in [1.82, 2.24) is 14.8 Å². The maximum absolute atomic E-state index is 13.4. The zero-order chi connectivity index (χ0) is 23.8. The maximum Gasteiger partial charge on any atom is 0.258 e. The first-order valence-electron chi connectivity index (χ1n) is 12.3. The van der Waals surface area contributed by atoms with E-state index in [-0.39, 0.29) is 36.0 Å². The zero-order valence-electron chi connectivity index (χ0n) is 19.9. The molecular formula is C27H33N3O4. The van der Waals surface area contributed by atoms with Crippen LogP contribution in [0.1, 0.15) is 49.0 Å². The standard InChI is InChI=1S/C27H33N3O4/c1-3-29-24-21(15-30-23(24)12-11-20(27(30)33)18-8-4-5-9-18)22(16-31)25(29)26(32)28-14-17-7-6-10-19(13-17)34-2/h6-8,10-13,21-22,24-25,31H,3-5,9,14-16H2,1-2H3,(H,28,32)/t21-,22-,24+,25-/m1/s1. The van der Waals surface area contributed by atoms with Gasteiger partial charge in [0.2, 0.25) is 5.91 Å². The van der Waals surface area contributed by atoms with Crippen LogP contribution >= 0.6 is 0 Å². The number of hydrogen-bond donors (Lipinski definition) is 2. The van der Waals surface area contributed by atoms with Gasteiger partial charge >= 0.3 is 0 Å². The Morgan fingerprint density at radius 2 is 2.12 bits per heavy atom. The lowest BCUT2D eigenvalue weighted by molar-refractivity contribution is -0.127. The molecule has 2 aromatic rings. The number of hydrogen-bond acceptors (Lipinski definition) is 5. The van der Waals surface area contributed by atoms with E-state index >= 15 is 0 Å². The lowest BCUT2D eigenvalue weighted by atomic mass is 9.88. The number of nitrogens with one attached hydrogen (secondary N) is 1. The predicted octanol–water partition coefficient (Wildman–Crippen LogP) is 2.72. The Hall–Kier alpha value is -2.90. The number of fused-ring (bicyclic) bond motifs is 3. The minimum atomic E-state index is -0.434. The molecule has 1 saturated heterocycles. The van der Waals surface area contributed by atoms with Gasteiger partial charge in [-0.05, 0) is 61.2 Å². The number of pyridine rings is 1. The van der Waals surface area contributed by atoms with Crippen LogP contribution in [0.25, 0.3) is 5.57 Å². The number of rotatable bonds is 7. The molecule has 1 aromatic carbocycles. The number of likely N-dealkylation sites (tertiary alicyclic amines) is 1. The molecule has 180 valence electrons. The summed E-state index contributed by atoms with van der Waals surface area (Å²) in [6, 6.07) is 11.2. The highest BCUT2D eigenvalue weighted by Gasteiger charge is 2.55. The second-order valence-corrected chi connectivity index (χ2v) is 9.51. The van der Waals surface area contributed by atoms with Crippen LogP contribution < -0.4 is 15.6 Å². The Morgan fingerprint density at radius 1 is 1.26 bits per heavy atom. The second kappa shape index (κ2) is 9.39. The van der Waals surface area contributed by atoms with E-state index in [1.54, 1.807) is 7.11 Å². The van der Waals surface area contributed by atoms with E-state index in [9.17, 15) is 14.7 Å². The number of carbonyl (C=O) groups excluding carboxylic acids is 1. The molecule has 1 aromatic heterocycles. The van der Waals surface area contributed by atoms with Gasteiger partial charge in [-0.3, -0.25) is 14.5 Å². The molecule has 5 rings (SSSR count). The number of likely N-dealkylation sites (N-methyl/N-ethyl adjacent to an activating group) is 1. The summed E-state index contributed by atoms with van der Waals surface area (Å²) in [5.41, 5.74) is 3.93. The Morgan fingerprint density at radius 3 is 2.82 bits per heavy atom. The van der Waals surface area contributed by atoms with Gasteiger partial charge in [-0.25, -0.2) is 0 Å². The molecule has 3 heterocycles. The molecule has 0 saturated carbocycles. The first-order valence-corrected chi connectivity index (χ1v) is 12.3. The number of methoxy groups -OCH3 is 1. The van der Waals surface area contributed by atoms with Gasteiger partial charge in [-0.15, -0.1) is 0 Å². The number of allylic oxidation sites excluding steroid dienone is 2. The molecule has 2 aliphatic heterocycles. The van der Waals surface area contributed by atoms with Gasteiger partial charge in [0.15, 0.2) is 0 Å². The highest BCUT2D eigenvalue weighted by atomic mass is 16.5. The van der Waals surface area contributed by atoms with Crippen LogP contribution in [0.15, 0.2) is 47.3 Å². The van der Waals surface area contributed by atoms with E-state index in [0.29, 0.717) is 19.6 Å². The Labute approximate surface area is 200 Å². The summed E-state index contributed by atoms with van der Waals surface area (Å²) < 4.78 is 7.17. The third kappa shape index (κ3) is 3.77. The molecule has 0 unspecified atom stereocenters. The third-order valence-corrected chi connectivity index (χ3v) is 7.81. The highest BCUT2D eigenvalue weighted by Crippen LogP contribution is 2.49. The number of nitrogens with zero attached hydrogens (tertiary/aromatic N) is 2. The van der Waals surface area contributed by atoms with Crippen LogP contribution in [0, 0.1) is 11.8 Å². The quantitative estimate of drug-likeness (QED) is 0.660. The van der Waals surface area contributed by atoms with E-state index in [0.717, 1.165) is 47.4 Å². The molecule has 1 aliphatic carbocycles. The van der Waals surface area contributed by atoms with Crippen LogP contribution in [-0.4, -0.2) is 46.8 Å². The van der Waals surface area contributed by atoms with Crippen molar-refractivity contribution in [2.45, 2.75) is 51.4 Å². The summed E-state index contributed by atoms with van der Waals surface area (Å²) in [5, 5.41) is 13.4. The van der Waals surface area contributed by atoms with E-state index in [4.69, 9.17) is 4.74 Å². The molecule has 3 aliphatic rings. The lowest BCUT2D eigenvalue weighted by Crippen LogP contribution is -2.48. The molecule has 1 fully saturated rings. The molecule has 0 spiro atoms. The molecule has 2 N–H and O–H groups in total. The summed E-state index contributed by atoms with van der Waals surface area (Å²) in [6.45, 7) is 3.55. The van der Waals surface area contributed by atoms with Crippen molar-refractivity contribution >= 4 is 11.5 Å². The first-order chi connectivity index (χ1) is 16.6. The molecule has 0 bridgehead atoms. The Bertz CT molecular complexity index is 1170. The number of benzene rings is 1. The summed E-state index contributed by atoms with van der Waals surface area (Å²) in [4.78, 5) is 28.9. The summed E-state index contributed by atoms with van der Waals surface area (Å²) in [5.74, 6) is 0.460. The number of amides is 1. The number of aliphatic hydroxyl groups is 1. The van der Waals surface area contributed by atoms with E-state index in [1.165, 1.54) is 0 Å². The van der Waals surface area contributed by atoms with Crippen LogP contribution in [0.5, 0.6) is 5.75 Å². The monoisotopic (exact) mass is 463 g/mol. The fraction of sp³-hybridized carbons (Fsp3) is 0.481. The van der Waals surface area contributed by atoms with Gasteiger partial charge in [-0.2, -0.15) is 0 Å². The Balaban J connectivity index is 1.40. The van der Waals surface area contributed by atoms with Crippen LogP contribution in [0.2, 0.25) is 0 Å². The van der Waals surface area contributed by atoms with Crippen molar-refractivity contribution in [3.05, 3.63) is 69.6 Å². The van der Waals surface area contributed by atoms with Crippen molar-refractivity contribution in [3.8, 4) is 5.75 Å². The van der Waals surface area contributed by atoms with Crippen molar-refractivity contribution in [1.29, 1.82) is 0 Å². The fourth-order valence-corrected chi connectivity index (χ4v) is 6.22. The van der Waals surface area contributed by atoms with Gasteiger partial charge in [0.1, 0.15) is 5.75 Å². The maximum atomic E-state index is 13.4. The second-order valence-electron chi connectivity index (χ2n) is 9.51. The molecule has 7 heteroatoms. The SMILES string of the molecule is CCN1[C@@H]2c3ccc(C4=CCCC4)c(=O)n3C[C@@H]2[C@@H](CO)[C@@H]1C(=O)NCc1cccc(OC)c1. The predicted molar refractivity (Wildman–Crippen MR) is 130 cm³/mol. The first kappa shape index (κ1) is 22.9. The van der Waals surface area contributed by atoms with Crippen molar-refractivity contribution in [3.63, 3.8) is 0 Å². The fourth-order valence-electron chi connectivity index (χ4n) is 6.22. The Kier molecular flexibility index (Phi) is 6.32. The minimum Gasteiger partial charge on any atom is -0.497 e. The average molecular weight is 464 g/mol. The van der Waals surface area contributed by atoms with Gasteiger partial charge < -0.3 is 19.7 Å². The van der Waals surface area contributed by atoms with Gasteiger partial charge in [0, 0.05) is 42.8 Å². The average Bonchev–Trinajstić information content (AvgIpc) is 3.58. The summed E-state index contributed by atoms with van der Waals surface area (Å²) >= 11 is 0. The number of carbonyl (C=O) groups is 1. The zero-order valence-corrected chi connectivity index (χ0v) is 19.9. The normalized spacial score (nSPS) is 25.7. The van der Waals surface area contributed by atoms with Crippen LogP contribution in [0.3, 0.4) is 0 Å². The van der Waals surface area contributed by atoms with Crippen molar-refractivity contribution < 1.29 is 14.6 Å². The van der Waals surface area contributed by atoms with Crippen molar-refractivity contribution in [2.75, 3.05) is 20.3 Å². The molecule has 7 nitrogen and oxygen atoms in total. The number of aliphatic hydroxyl groups excluding tert-OH is 1. The summed E-state index contributed by atoms with van der Waals surface area (Å²) in [7, 11) is 1.62. The number of ether oxygens (including phenoxy) is 1. The van der Waals surface area contributed by atoms with Crippen LogP contribution in [0.4, 0.5) is 0 Å². The molecule has 4 atom stereocenters. The van der Waals surface area contributed by atoms with E-state index < -0.39 is 6.04 Å². The molecule has 0 radical (unpaired) electrons. The van der Waals surface area contributed by atoms with Crippen LogP contribution in [-0.2, 0) is 17.9 Å². The van der Waals surface area contributed by atoms with Crippen molar-refractivity contribution in [2.24, 2.45) is 11.8 Å². The topological polar surface area (TPSA) is 83.8 Å².